The van der Waals surface area contributed by atoms with Crippen molar-refractivity contribution in [3.8, 4) is 0 Å². The number of carbonyl (C=O) groups excluding carboxylic acids is 3. The Morgan fingerprint density at radius 1 is 1.03 bits per heavy atom. The molecule has 0 aliphatic carbocycles. The maximum Gasteiger partial charge on any atom is 0.245 e. The number of rotatable bonds is 13. The zero-order valence-corrected chi connectivity index (χ0v) is 20.0. The summed E-state index contributed by atoms with van der Waals surface area (Å²) in [5.74, 6) is -1.60. The fraction of sp³-hybridized carbons (Fsp3) is 0.875. The highest BCUT2D eigenvalue weighted by Gasteiger charge is 2.77. The molecule has 3 rings (SSSR count). The minimum Gasteiger partial charge on any atom is -0.396 e. The van der Waals surface area contributed by atoms with Crippen LogP contribution in [-0.4, -0.2) is 71.2 Å². The van der Waals surface area contributed by atoms with E-state index in [2.05, 4.69) is 17.6 Å². The molecule has 3 fully saturated rings. The first-order chi connectivity index (χ1) is 15.4. The first-order valence-electron chi connectivity index (χ1n) is 12.5. The Balaban J connectivity index is 1.86. The number of fused-ring (bicyclic) bond motifs is 1. The van der Waals surface area contributed by atoms with Crippen LogP contribution < -0.4 is 10.6 Å². The van der Waals surface area contributed by atoms with E-state index >= 15 is 0 Å². The van der Waals surface area contributed by atoms with E-state index in [1.165, 1.54) is 0 Å². The van der Waals surface area contributed by atoms with Crippen molar-refractivity contribution in [2.45, 2.75) is 95.8 Å². The lowest BCUT2D eigenvalue weighted by Gasteiger charge is -2.33. The van der Waals surface area contributed by atoms with Gasteiger partial charge >= 0.3 is 0 Å². The van der Waals surface area contributed by atoms with Crippen LogP contribution in [0.4, 0.5) is 0 Å². The normalized spacial score (nSPS) is 32.9. The number of nitrogens with zero attached hydrogens (tertiary/aromatic N) is 1. The van der Waals surface area contributed by atoms with Gasteiger partial charge < -0.3 is 25.4 Å². The Morgan fingerprint density at radius 2 is 1.75 bits per heavy atom. The van der Waals surface area contributed by atoms with Gasteiger partial charge in [0.15, 0.2) is 0 Å². The number of amides is 3. The predicted molar refractivity (Wildman–Crippen MR) is 121 cm³/mol. The summed E-state index contributed by atoms with van der Waals surface area (Å²) < 4.78 is 6.55. The summed E-state index contributed by atoms with van der Waals surface area (Å²) in [6.45, 7) is 7.76. The Bertz CT molecular complexity index is 701. The highest BCUT2D eigenvalue weighted by atomic mass is 16.5. The monoisotopic (exact) mass is 451 g/mol. The fourth-order valence-corrected chi connectivity index (χ4v) is 5.96. The molecule has 8 nitrogen and oxygen atoms in total. The van der Waals surface area contributed by atoms with E-state index in [0.717, 1.165) is 44.9 Å². The topological polar surface area (TPSA) is 108 Å². The summed E-state index contributed by atoms with van der Waals surface area (Å²) in [7, 11) is 0. The lowest BCUT2D eigenvalue weighted by Crippen LogP contribution is -2.55. The molecule has 0 aromatic carbocycles. The lowest BCUT2D eigenvalue weighted by atomic mass is 9.66. The summed E-state index contributed by atoms with van der Waals surface area (Å²) in [6.07, 6.45) is 7.23. The van der Waals surface area contributed by atoms with Gasteiger partial charge in [0.25, 0.3) is 0 Å². The van der Waals surface area contributed by atoms with Gasteiger partial charge in [0.2, 0.25) is 17.7 Å². The van der Waals surface area contributed by atoms with Crippen LogP contribution in [0.25, 0.3) is 0 Å². The summed E-state index contributed by atoms with van der Waals surface area (Å²) in [6, 6.07) is -0.694. The van der Waals surface area contributed by atoms with E-state index in [1.807, 2.05) is 13.8 Å². The molecule has 0 radical (unpaired) electrons. The average Bonchev–Trinajstić information content (AvgIpc) is 3.33. The van der Waals surface area contributed by atoms with Gasteiger partial charge in [0.1, 0.15) is 11.6 Å². The zero-order valence-electron chi connectivity index (χ0n) is 20.0. The van der Waals surface area contributed by atoms with Gasteiger partial charge in [0.05, 0.1) is 17.4 Å². The van der Waals surface area contributed by atoms with Crippen molar-refractivity contribution in [2.24, 2.45) is 11.8 Å². The molecule has 0 aromatic heterocycles. The molecule has 2 unspecified atom stereocenters. The Hall–Kier alpha value is -1.67. The second-order valence-corrected chi connectivity index (χ2v) is 9.83. The molecule has 32 heavy (non-hydrogen) atoms. The molecule has 3 aliphatic rings. The molecule has 8 heteroatoms. The molecule has 1 spiro atoms. The Kier molecular flexibility index (Phi) is 8.20. The van der Waals surface area contributed by atoms with Crippen LogP contribution in [0.2, 0.25) is 0 Å². The maximum atomic E-state index is 13.7. The first-order valence-corrected chi connectivity index (χ1v) is 12.5. The number of aliphatic hydroxyl groups is 1. The van der Waals surface area contributed by atoms with Crippen LogP contribution in [0.3, 0.4) is 0 Å². The van der Waals surface area contributed by atoms with Crippen LogP contribution in [-0.2, 0) is 19.1 Å². The fourth-order valence-electron chi connectivity index (χ4n) is 5.96. The number of carbonyl (C=O) groups is 3. The summed E-state index contributed by atoms with van der Waals surface area (Å²) >= 11 is 0. The molecular weight excluding hydrogens is 410 g/mol. The van der Waals surface area contributed by atoms with Gasteiger partial charge in [-0.25, -0.2) is 0 Å². The van der Waals surface area contributed by atoms with Gasteiger partial charge in [-0.2, -0.15) is 0 Å². The van der Waals surface area contributed by atoms with E-state index in [-0.39, 0.29) is 24.3 Å². The van der Waals surface area contributed by atoms with Crippen molar-refractivity contribution >= 4 is 17.7 Å². The summed E-state index contributed by atoms with van der Waals surface area (Å²) in [5, 5.41) is 15.0. The van der Waals surface area contributed by atoms with Crippen molar-refractivity contribution in [1.29, 1.82) is 0 Å². The molecule has 3 saturated heterocycles. The zero-order chi connectivity index (χ0) is 23.4. The Morgan fingerprint density at radius 3 is 2.44 bits per heavy atom. The minimum absolute atomic E-state index is 0.122. The summed E-state index contributed by atoms with van der Waals surface area (Å²) in [5.41, 5.74) is -1.64. The molecule has 0 saturated carbocycles. The molecule has 3 amide bonds. The van der Waals surface area contributed by atoms with Crippen LogP contribution in [0.1, 0.15) is 78.6 Å². The van der Waals surface area contributed by atoms with Crippen molar-refractivity contribution in [1.82, 2.24) is 15.5 Å². The number of unbranched alkanes of at least 4 members (excludes halogenated alkanes) is 4. The van der Waals surface area contributed by atoms with Gasteiger partial charge in [-0.1, -0.05) is 33.1 Å². The SMILES string of the molecule is CCCCNC(=O)C1N(CCCCCCO)C(=O)[C@@H]2[C@@H](C(=O)NCCC)[C@@]3(C)CCC12O3. The maximum absolute atomic E-state index is 13.7. The van der Waals surface area contributed by atoms with Crippen LogP contribution in [0, 0.1) is 11.8 Å². The number of hydrogen-bond acceptors (Lipinski definition) is 5. The molecule has 3 aliphatic heterocycles. The molecule has 182 valence electrons. The van der Waals surface area contributed by atoms with Crippen molar-refractivity contribution in [3.63, 3.8) is 0 Å². The number of hydrogen-bond donors (Lipinski definition) is 3. The molecule has 2 bridgehead atoms. The van der Waals surface area contributed by atoms with E-state index < -0.39 is 29.1 Å². The minimum atomic E-state index is -0.929. The molecule has 3 heterocycles. The number of aliphatic hydroxyl groups excluding tert-OH is 1. The standard InChI is InChI=1S/C24H41N3O5/c1-4-6-14-26-21(30)19-24-12-11-23(3,32-24)17(20(29)25-13-5-2)18(24)22(31)27(19)15-9-7-8-10-16-28/h17-19,28H,4-16H2,1-3H3,(H,25,29)(H,26,30)/t17-,18-,19?,23+,24?/m0/s1. The third-order valence-corrected chi connectivity index (χ3v) is 7.49. The third-order valence-electron chi connectivity index (χ3n) is 7.49. The second kappa shape index (κ2) is 10.5. The van der Waals surface area contributed by atoms with Crippen molar-refractivity contribution < 1.29 is 24.2 Å². The van der Waals surface area contributed by atoms with Gasteiger partial charge in [0, 0.05) is 26.2 Å². The Labute approximate surface area is 191 Å². The third kappa shape index (κ3) is 4.40. The molecular formula is C24H41N3O5. The largest absolute Gasteiger partial charge is 0.396 e. The lowest BCUT2D eigenvalue weighted by molar-refractivity contribution is -0.146. The second-order valence-electron chi connectivity index (χ2n) is 9.83. The van der Waals surface area contributed by atoms with Crippen molar-refractivity contribution in [2.75, 3.05) is 26.2 Å². The molecule has 3 N–H and O–H groups in total. The van der Waals surface area contributed by atoms with Crippen LogP contribution >= 0.6 is 0 Å². The van der Waals surface area contributed by atoms with E-state index in [4.69, 9.17) is 9.84 Å². The number of nitrogens with one attached hydrogen (secondary N) is 2. The molecule has 5 atom stereocenters. The highest BCUT2D eigenvalue weighted by Crippen LogP contribution is 2.63. The quantitative estimate of drug-likeness (QED) is 0.370. The average molecular weight is 452 g/mol. The van der Waals surface area contributed by atoms with Gasteiger partial charge in [-0.05, 0) is 45.4 Å². The number of likely N-dealkylation sites (tertiary alicyclic amines) is 1. The van der Waals surface area contributed by atoms with Gasteiger partial charge in [-0.3, -0.25) is 14.4 Å². The highest BCUT2D eigenvalue weighted by molar-refractivity contribution is 5.99. The van der Waals surface area contributed by atoms with E-state index in [1.54, 1.807) is 4.90 Å². The summed E-state index contributed by atoms with van der Waals surface area (Å²) in [4.78, 5) is 41.9. The first kappa shape index (κ1) is 25.0. The van der Waals surface area contributed by atoms with E-state index in [0.29, 0.717) is 32.5 Å². The van der Waals surface area contributed by atoms with Crippen LogP contribution in [0.5, 0.6) is 0 Å². The van der Waals surface area contributed by atoms with Gasteiger partial charge in [-0.15, -0.1) is 0 Å². The smallest absolute Gasteiger partial charge is 0.245 e. The molecule has 0 aromatic rings. The van der Waals surface area contributed by atoms with E-state index in [9.17, 15) is 14.4 Å². The van der Waals surface area contributed by atoms with Crippen molar-refractivity contribution in [3.05, 3.63) is 0 Å². The number of ether oxygens (including phenoxy) is 1. The predicted octanol–water partition coefficient (Wildman–Crippen LogP) is 1.75. The van der Waals surface area contributed by atoms with Crippen LogP contribution in [0.15, 0.2) is 0 Å².